The van der Waals surface area contributed by atoms with Crippen molar-refractivity contribution in [3.63, 3.8) is 0 Å². The van der Waals surface area contributed by atoms with Crippen LogP contribution in [-0.4, -0.2) is 19.9 Å². The molecule has 4 nitrogen and oxygen atoms in total. The van der Waals surface area contributed by atoms with Crippen LogP contribution in [0.3, 0.4) is 0 Å². The van der Waals surface area contributed by atoms with Crippen molar-refractivity contribution in [2.24, 2.45) is 0 Å². The first-order chi connectivity index (χ1) is 22.8. The van der Waals surface area contributed by atoms with Crippen LogP contribution in [0.4, 0.5) is 0 Å². The molecule has 0 bridgehead atoms. The van der Waals surface area contributed by atoms with Crippen LogP contribution < -0.4 is 0 Å². The number of hydrogen-bond acceptors (Lipinski definition) is 4. The molecule has 0 aliphatic carbocycles. The van der Waals surface area contributed by atoms with Crippen molar-refractivity contribution < 1.29 is 0 Å². The molecule has 0 unspecified atom stereocenters. The largest absolute Gasteiger partial charge is 0.228 e. The third kappa shape index (κ3) is 4.39. The van der Waals surface area contributed by atoms with E-state index in [2.05, 4.69) is 127 Å². The molecule has 0 radical (unpaired) electrons. The molecule has 0 spiro atoms. The lowest BCUT2D eigenvalue weighted by molar-refractivity contribution is 1.22. The van der Waals surface area contributed by atoms with Crippen LogP contribution in [-0.2, 0) is 0 Å². The molecular formula is C42H26N4. The van der Waals surface area contributed by atoms with Crippen molar-refractivity contribution in [1.29, 1.82) is 0 Å². The normalized spacial score (nSPS) is 11.5. The second-order valence-electron chi connectivity index (χ2n) is 11.5. The summed E-state index contributed by atoms with van der Waals surface area (Å²) in [6, 6.07) is 54.4. The molecule has 2 aromatic heterocycles. The van der Waals surface area contributed by atoms with Gasteiger partial charge in [-0.05, 0) is 39.7 Å². The maximum absolute atomic E-state index is 5.22. The van der Waals surface area contributed by atoms with Gasteiger partial charge in [-0.15, -0.1) is 0 Å². The smallest absolute Gasteiger partial charge is 0.160 e. The second kappa shape index (κ2) is 10.7. The Morgan fingerprint density at radius 1 is 0.304 bits per heavy atom. The van der Waals surface area contributed by atoms with Crippen molar-refractivity contribution in [2.75, 3.05) is 0 Å². The summed E-state index contributed by atoms with van der Waals surface area (Å²) in [4.78, 5) is 20.5. The molecule has 214 valence electrons. The quantitative estimate of drug-likeness (QED) is 0.206. The Bertz CT molecular complexity index is 2420. The van der Waals surface area contributed by atoms with Crippen molar-refractivity contribution >= 4 is 43.4 Å². The maximum Gasteiger partial charge on any atom is 0.160 e. The van der Waals surface area contributed by atoms with Gasteiger partial charge in [0.2, 0.25) is 0 Å². The first kappa shape index (κ1) is 26.2. The Balaban J connectivity index is 1.23. The molecule has 7 aromatic carbocycles. The van der Waals surface area contributed by atoms with Crippen molar-refractivity contribution in [3.05, 3.63) is 158 Å². The van der Waals surface area contributed by atoms with E-state index < -0.39 is 0 Å². The fourth-order valence-electron chi connectivity index (χ4n) is 6.48. The van der Waals surface area contributed by atoms with Gasteiger partial charge in [0.25, 0.3) is 0 Å². The highest BCUT2D eigenvalue weighted by atomic mass is 14.9. The molecule has 46 heavy (non-hydrogen) atoms. The summed E-state index contributed by atoms with van der Waals surface area (Å²) in [6.07, 6.45) is 0. The Morgan fingerprint density at radius 2 is 0.696 bits per heavy atom. The maximum atomic E-state index is 5.22. The first-order valence-electron chi connectivity index (χ1n) is 15.4. The summed E-state index contributed by atoms with van der Waals surface area (Å²) in [6.45, 7) is 0. The summed E-state index contributed by atoms with van der Waals surface area (Å²) < 4.78 is 0. The molecule has 0 N–H and O–H groups in total. The van der Waals surface area contributed by atoms with E-state index in [1.165, 1.54) is 21.5 Å². The van der Waals surface area contributed by atoms with Crippen LogP contribution in [0.5, 0.6) is 0 Å². The summed E-state index contributed by atoms with van der Waals surface area (Å²) in [7, 11) is 0. The minimum atomic E-state index is 0.665. The van der Waals surface area contributed by atoms with E-state index in [-0.39, 0.29) is 0 Å². The lowest BCUT2D eigenvalue weighted by Gasteiger charge is -2.13. The predicted molar refractivity (Wildman–Crippen MR) is 189 cm³/mol. The molecule has 9 rings (SSSR count). The average Bonchev–Trinajstić information content (AvgIpc) is 3.13. The highest BCUT2D eigenvalue weighted by molar-refractivity contribution is 6.05. The number of benzene rings is 7. The van der Waals surface area contributed by atoms with Crippen LogP contribution >= 0.6 is 0 Å². The number of nitrogens with zero attached hydrogens (tertiary/aromatic N) is 4. The fraction of sp³-hybridized carbons (Fsp3) is 0. The zero-order valence-electron chi connectivity index (χ0n) is 24.8. The summed E-state index contributed by atoms with van der Waals surface area (Å²) in [5, 5.41) is 6.74. The van der Waals surface area contributed by atoms with E-state index in [9.17, 15) is 0 Å². The Morgan fingerprint density at radius 3 is 1.20 bits per heavy atom. The predicted octanol–water partition coefficient (Wildman–Crippen LogP) is 10.5. The molecule has 0 amide bonds. The zero-order chi connectivity index (χ0) is 30.5. The lowest BCUT2D eigenvalue weighted by atomic mass is 9.98. The van der Waals surface area contributed by atoms with Crippen molar-refractivity contribution in [2.45, 2.75) is 0 Å². The molecule has 0 saturated heterocycles. The monoisotopic (exact) mass is 586 g/mol. The zero-order valence-corrected chi connectivity index (χ0v) is 24.8. The van der Waals surface area contributed by atoms with E-state index in [0.29, 0.717) is 11.6 Å². The molecule has 0 aliphatic heterocycles. The summed E-state index contributed by atoms with van der Waals surface area (Å²) >= 11 is 0. The number of para-hydroxylation sites is 2. The third-order valence-corrected chi connectivity index (χ3v) is 8.67. The summed E-state index contributed by atoms with van der Waals surface area (Å²) in [5.41, 5.74) is 7.65. The fourth-order valence-corrected chi connectivity index (χ4v) is 6.48. The number of fused-ring (bicyclic) bond motifs is 4. The average molecular weight is 587 g/mol. The molecule has 9 aromatic rings. The van der Waals surface area contributed by atoms with Gasteiger partial charge in [-0.3, -0.25) is 0 Å². The SMILES string of the molecule is c1cc(-c2nc(-c3cccc4ccccc34)c3ccccc3n2)cc(-c2nc(-c3cccc4ccccc34)c3ccccc3n2)c1. The molecule has 0 fully saturated rings. The van der Waals surface area contributed by atoms with Crippen molar-refractivity contribution in [3.8, 4) is 45.3 Å². The first-order valence-corrected chi connectivity index (χ1v) is 15.4. The van der Waals surface area contributed by atoms with Gasteiger partial charge in [0, 0.05) is 33.0 Å². The molecular weight excluding hydrogens is 560 g/mol. The molecule has 0 atom stereocenters. The van der Waals surface area contributed by atoms with Gasteiger partial charge in [0.05, 0.1) is 22.4 Å². The van der Waals surface area contributed by atoms with Gasteiger partial charge in [-0.25, -0.2) is 19.9 Å². The Hall–Kier alpha value is -6.26. The van der Waals surface area contributed by atoms with Gasteiger partial charge in [-0.1, -0.05) is 140 Å². The van der Waals surface area contributed by atoms with Gasteiger partial charge >= 0.3 is 0 Å². The lowest BCUT2D eigenvalue weighted by Crippen LogP contribution is -1.98. The standard InChI is InChI=1S/C42H26N4/c1-3-18-31-27(12-1)14-10-22-33(31)39-35-20-5-7-24-37(35)43-41(45-39)29-16-9-17-30(26-29)42-44-38-25-8-6-21-36(38)40(46-42)34-23-11-15-28-13-2-4-19-32(28)34/h1-26H. The minimum absolute atomic E-state index is 0.665. The van der Waals surface area contributed by atoms with Crippen LogP contribution in [0, 0.1) is 0 Å². The summed E-state index contributed by atoms with van der Waals surface area (Å²) in [5.74, 6) is 1.33. The molecule has 4 heteroatoms. The van der Waals surface area contributed by atoms with E-state index >= 15 is 0 Å². The Labute approximate surface area is 265 Å². The third-order valence-electron chi connectivity index (χ3n) is 8.67. The van der Waals surface area contributed by atoms with E-state index in [1.54, 1.807) is 0 Å². The number of hydrogen-bond donors (Lipinski definition) is 0. The van der Waals surface area contributed by atoms with Gasteiger partial charge in [0.1, 0.15) is 0 Å². The topological polar surface area (TPSA) is 51.6 Å². The highest BCUT2D eigenvalue weighted by Crippen LogP contribution is 2.36. The van der Waals surface area contributed by atoms with Gasteiger partial charge in [0.15, 0.2) is 11.6 Å². The molecule has 0 saturated carbocycles. The van der Waals surface area contributed by atoms with E-state index in [4.69, 9.17) is 19.9 Å². The van der Waals surface area contributed by atoms with Crippen LogP contribution in [0.25, 0.3) is 88.6 Å². The number of aromatic nitrogens is 4. The highest BCUT2D eigenvalue weighted by Gasteiger charge is 2.16. The van der Waals surface area contributed by atoms with Gasteiger partial charge < -0.3 is 0 Å². The van der Waals surface area contributed by atoms with Crippen LogP contribution in [0.2, 0.25) is 0 Å². The van der Waals surface area contributed by atoms with Crippen LogP contribution in [0.15, 0.2) is 158 Å². The van der Waals surface area contributed by atoms with Crippen LogP contribution in [0.1, 0.15) is 0 Å². The van der Waals surface area contributed by atoms with Gasteiger partial charge in [-0.2, -0.15) is 0 Å². The molecule has 2 heterocycles. The van der Waals surface area contributed by atoms with Crippen molar-refractivity contribution in [1.82, 2.24) is 19.9 Å². The Kier molecular flexibility index (Phi) is 6.10. The second-order valence-corrected chi connectivity index (χ2v) is 11.5. The van der Waals surface area contributed by atoms with E-state index in [0.717, 1.165) is 55.4 Å². The molecule has 0 aliphatic rings. The number of rotatable bonds is 4. The van der Waals surface area contributed by atoms with E-state index in [1.807, 2.05) is 30.3 Å². The minimum Gasteiger partial charge on any atom is -0.228 e.